The highest BCUT2D eigenvalue weighted by atomic mass is 35.5. The third kappa shape index (κ3) is 19.8. The van der Waals surface area contributed by atoms with Crippen LogP contribution in [0, 0.1) is 11.8 Å². The predicted molar refractivity (Wildman–Crippen MR) is 279 cm³/mol. The molecule has 2 saturated carbocycles. The molecule has 75 heavy (non-hydrogen) atoms. The molecule has 6 rings (SSSR count). The molecule has 4 amide bonds. The number of aliphatic carboxylic acids is 1. The minimum Gasteiger partial charge on any atom is -0.475 e. The number of nitrogens with one attached hydrogen (secondary N) is 2. The molecule has 4 unspecified atom stereocenters. The molecule has 2 aromatic rings. The minimum atomic E-state index is -5.08. The quantitative estimate of drug-likeness (QED) is 0.125. The number of benzene rings is 2. The number of carboxylic acid groups (broad SMARTS) is 1. The minimum absolute atomic E-state index is 0.0405. The van der Waals surface area contributed by atoms with Crippen LogP contribution in [0.25, 0.3) is 0 Å². The van der Waals surface area contributed by atoms with Gasteiger partial charge in [-0.25, -0.2) is 4.79 Å². The molecule has 2 heterocycles. The number of halogens is 5. The number of likely N-dealkylation sites (tertiary alicyclic amines) is 2. The summed E-state index contributed by atoms with van der Waals surface area (Å²) in [6, 6.07) is 14.2. The molecule has 3 N–H and O–H groups in total. The number of amides is 4. The first-order valence-corrected chi connectivity index (χ1v) is 26.9. The Morgan fingerprint density at radius 1 is 0.587 bits per heavy atom. The summed E-state index contributed by atoms with van der Waals surface area (Å²) in [6.45, 7) is 10.0. The molecule has 0 aromatic heterocycles. The van der Waals surface area contributed by atoms with E-state index in [1.54, 1.807) is 24.3 Å². The number of hydrogen-bond acceptors (Lipinski definition) is 11. The van der Waals surface area contributed by atoms with Crippen molar-refractivity contribution in [3.63, 3.8) is 0 Å². The van der Waals surface area contributed by atoms with E-state index < -0.39 is 36.2 Å². The van der Waals surface area contributed by atoms with Gasteiger partial charge in [0.1, 0.15) is 0 Å². The van der Waals surface area contributed by atoms with Crippen molar-refractivity contribution in [2.45, 2.75) is 160 Å². The highest BCUT2D eigenvalue weighted by Crippen LogP contribution is 2.31. The highest BCUT2D eigenvalue weighted by molar-refractivity contribution is 6.30. The summed E-state index contributed by atoms with van der Waals surface area (Å²) >= 11 is 12.0. The number of rotatable bonds is 18. The number of ether oxygens (including phenoxy) is 2. The lowest BCUT2D eigenvalue weighted by Gasteiger charge is -2.39. The zero-order valence-corrected chi connectivity index (χ0v) is 45.7. The Balaban J connectivity index is 0.000000288. The normalized spacial score (nSPS) is 19.0. The maximum atomic E-state index is 13.5. The molecule has 4 aliphatic rings. The third-order valence-corrected chi connectivity index (χ3v) is 14.7. The van der Waals surface area contributed by atoms with Crippen LogP contribution in [-0.4, -0.2) is 162 Å². The van der Waals surface area contributed by atoms with Crippen molar-refractivity contribution in [2.75, 3.05) is 53.5 Å². The van der Waals surface area contributed by atoms with Gasteiger partial charge < -0.3 is 34.2 Å². The summed E-state index contributed by atoms with van der Waals surface area (Å²) in [5, 5.41) is 14.6. The lowest BCUT2D eigenvalue weighted by molar-refractivity contribution is -0.192. The number of carbonyl (C=O) groups is 7. The third-order valence-electron chi connectivity index (χ3n) is 14.2. The summed E-state index contributed by atoms with van der Waals surface area (Å²) in [5.41, 5.74) is 1.91. The summed E-state index contributed by atoms with van der Waals surface area (Å²) in [6.07, 6.45) is 8.61. The second-order valence-corrected chi connectivity index (χ2v) is 21.2. The summed E-state index contributed by atoms with van der Waals surface area (Å²) in [4.78, 5) is 93.7. The number of methoxy groups -OCH3 is 2. The van der Waals surface area contributed by atoms with E-state index in [2.05, 4.69) is 20.4 Å². The smallest absolute Gasteiger partial charge is 0.475 e. The van der Waals surface area contributed by atoms with Crippen molar-refractivity contribution in [2.24, 2.45) is 11.8 Å². The second-order valence-electron chi connectivity index (χ2n) is 20.3. The molecule has 0 radical (unpaired) electrons. The van der Waals surface area contributed by atoms with E-state index in [0.29, 0.717) is 49.1 Å². The number of alkyl halides is 3. The number of esters is 2. The van der Waals surface area contributed by atoms with E-state index in [9.17, 15) is 41.9 Å². The van der Waals surface area contributed by atoms with Gasteiger partial charge in [-0.05, 0) is 86.8 Å². The molecule has 2 aromatic carbocycles. The molecule has 21 heteroatoms. The zero-order valence-electron chi connectivity index (χ0n) is 44.2. The Labute approximate surface area is 449 Å². The molecule has 4 atom stereocenters. The van der Waals surface area contributed by atoms with Crippen molar-refractivity contribution >= 4 is 64.7 Å². The average molecular weight is 1100 g/mol. The van der Waals surface area contributed by atoms with Crippen molar-refractivity contribution < 1.29 is 61.3 Å². The van der Waals surface area contributed by atoms with Gasteiger partial charge in [0.2, 0.25) is 23.6 Å². The van der Waals surface area contributed by atoms with Crippen molar-refractivity contribution in [3.8, 4) is 0 Å². The van der Waals surface area contributed by atoms with Gasteiger partial charge in [-0.3, -0.25) is 39.4 Å². The van der Waals surface area contributed by atoms with Gasteiger partial charge in [0, 0.05) is 60.1 Å². The number of nitrogens with zero attached hydrogens (tertiary/aromatic N) is 4. The number of carboxylic acids is 1. The first kappa shape index (κ1) is 62.6. The van der Waals surface area contributed by atoms with E-state index in [1.807, 2.05) is 61.8 Å². The molecule has 2 aliphatic heterocycles. The molecular formula is C54H77Cl2F3N6O10. The Morgan fingerprint density at radius 3 is 1.19 bits per heavy atom. The van der Waals surface area contributed by atoms with Crippen LogP contribution < -0.4 is 10.6 Å². The molecule has 2 aliphatic carbocycles. The molecule has 0 spiro atoms. The van der Waals surface area contributed by atoms with Crippen molar-refractivity contribution in [1.29, 1.82) is 0 Å². The van der Waals surface area contributed by atoms with E-state index in [-0.39, 0.29) is 72.7 Å². The van der Waals surface area contributed by atoms with Crippen LogP contribution in [-0.2, 0) is 55.9 Å². The van der Waals surface area contributed by atoms with Crippen molar-refractivity contribution in [3.05, 3.63) is 69.7 Å². The van der Waals surface area contributed by atoms with Crippen LogP contribution in [0.15, 0.2) is 48.5 Å². The van der Waals surface area contributed by atoms with E-state index >= 15 is 0 Å². The second kappa shape index (κ2) is 30.7. The first-order valence-electron chi connectivity index (χ1n) is 26.2. The maximum Gasteiger partial charge on any atom is 0.490 e. The zero-order chi connectivity index (χ0) is 55.4. The van der Waals surface area contributed by atoms with Crippen molar-refractivity contribution in [1.82, 2.24) is 30.2 Å². The lowest BCUT2D eigenvalue weighted by atomic mass is 9.92. The van der Waals surface area contributed by atoms with Crippen LogP contribution >= 0.6 is 23.2 Å². The molecule has 4 fully saturated rings. The highest BCUT2D eigenvalue weighted by Gasteiger charge is 2.41. The van der Waals surface area contributed by atoms with Gasteiger partial charge in [-0.15, -0.1) is 0 Å². The first-order chi connectivity index (χ1) is 35.5. The monoisotopic (exact) mass is 1100 g/mol. The SMILES string of the molecule is COC(=O)CNC(Cc1ccc(Cl)cc1)C(=O)N1CCC(N(C(=O)C(C)C)C2CCCCC2)C1.COC(=O)CNC(Cc1ccc(Cl)cc1)C(=O)N1CCC(N(C(=O)C(C)C)C2CCCCC2)C1.O=C(O)C(F)(F)F. The van der Waals surface area contributed by atoms with Gasteiger partial charge in [0.05, 0.1) is 51.5 Å². The van der Waals surface area contributed by atoms with Crippen LogP contribution in [0.1, 0.15) is 116 Å². The van der Waals surface area contributed by atoms with Gasteiger partial charge in [-0.1, -0.05) is 114 Å². The Kier molecular flexibility index (Phi) is 25.6. The van der Waals surface area contributed by atoms with Gasteiger partial charge >= 0.3 is 24.1 Å². The fourth-order valence-electron chi connectivity index (χ4n) is 10.2. The maximum absolute atomic E-state index is 13.5. The number of carbonyl (C=O) groups excluding carboxylic acids is 6. The Bertz CT molecular complexity index is 2040. The van der Waals surface area contributed by atoms with Crippen LogP contribution in [0.5, 0.6) is 0 Å². The van der Waals surface area contributed by atoms with Crippen LogP contribution in [0.2, 0.25) is 10.0 Å². The predicted octanol–water partition coefficient (Wildman–Crippen LogP) is 7.50. The van der Waals surface area contributed by atoms with E-state index in [4.69, 9.17) is 42.6 Å². The molecule has 2 saturated heterocycles. The van der Waals surface area contributed by atoms with Crippen LogP contribution in [0.3, 0.4) is 0 Å². The average Bonchev–Trinajstić information content (AvgIpc) is 4.09. The summed E-state index contributed by atoms with van der Waals surface area (Å²) < 4.78 is 41.2. The standard InChI is InChI=1S/2C26H38ClN3O4.C2HF3O2/c2*1-18(2)25(32)30(21-7-5-4-6-8-21)22-13-14-29(17-22)26(33)23(28-16-24(31)34-3)15-19-9-11-20(27)12-10-19;3-2(4,5)1(6)7/h2*9-12,18,21-23,28H,4-8,13-17H2,1-3H3;(H,6,7). The van der Waals surface area contributed by atoms with E-state index in [0.717, 1.165) is 75.3 Å². The molecule has 0 bridgehead atoms. The van der Waals surface area contributed by atoms with Gasteiger partial charge in [-0.2, -0.15) is 13.2 Å². The largest absolute Gasteiger partial charge is 0.490 e. The Hall–Kier alpha value is -4.98. The topological polar surface area (TPSA) is 195 Å². The molecule has 418 valence electrons. The van der Waals surface area contributed by atoms with Gasteiger partial charge in [0.25, 0.3) is 0 Å². The van der Waals surface area contributed by atoms with Crippen LogP contribution in [0.4, 0.5) is 13.2 Å². The Morgan fingerprint density at radius 2 is 0.907 bits per heavy atom. The summed E-state index contributed by atoms with van der Waals surface area (Å²) in [7, 11) is 2.66. The number of hydrogen-bond donors (Lipinski definition) is 3. The van der Waals surface area contributed by atoms with Gasteiger partial charge in [0.15, 0.2) is 0 Å². The lowest BCUT2D eigenvalue weighted by Crippen LogP contribution is -2.52. The van der Waals surface area contributed by atoms with E-state index in [1.165, 1.54) is 27.1 Å². The molecular weight excluding hydrogens is 1020 g/mol. The molecule has 16 nitrogen and oxygen atoms in total. The summed E-state index contributed by atoms with van der Waals surface area (Å²) in [5.74, 6) is -3.45. The fraction of sp³-hybridized carbons (Fsp3) is 0.648. The fourth-order valence-corrected chi connectivity index (χ4v) is 10.4.